The molecule has 1 fully saturated rings. The lowest BCUT2D eigenvalue weighted by molar-refractivity contribution is -0.384. The number of non-ortho nitro benzene ring substituents is 1. The molecule has 1 N–H and O–H groups in total. The van der Waals surface area contributed by atoms with Gasteiger partial charge in [-0.1, -0.05) is 13.0 Å². The molecule has 1 aromatic rings. The van der Waals surface area contributed by atoms with E-state index in [0.29, 0.717) is 17.2 Å². The summed E-state index contributed by atoms with van der Waals surface area (Å²) >= 11 is 0. The summed E-state index contributed by atoms with van der Waals surface area (Å²) in [6.07, 6.45) is 0.796. The van der Waals surface area contributed by atoms with Gasteiger partial charge in [0.25, 0.3) is 11.6 Å². The SMILES string of the molecule is Cc1ccc([N+](=O)[O-])cc1NC(=O)COC(=O)[C@@H]1C[C@H]1C. The number of nitrogens with zero attached hydrogens (tertiary/aromatic N) is 1. The van der Waals surface area contributed by atoms with Crippen LogP contribution in [0.2, 0.25) is 0 Å². The molecule has 1 aliphatic rings. The van der Waals surface area contributed by atoms with Gasteiger partial charge in [-0.15, -0.1) is 0 Å². The van der Waals surface area contributed by atoms with E-state index in [-0.39, 0.29) is 24.2 Å². The number of carbonyl (C=O) groups is 2. The van der Waals surface area contributed by atoms with Crippen LogP contribution < -0.4 is 5.32 Å². The molecule has 1 amide bonds. The van der Waals surface area contributed by atoms with Crippen molar-refractivity contribution in [2.45, 2.75) is 20.3 Å². The molecule has 21 heavy (non-hydrogen) atoms. The number of benzene rings is 1. The number of hydrogen-bond donors (Lipinski definition) is 1. The Morgan fingerprint density at radius 3 is 2.71 bits per heavy atom. The number of ether oxygens (including phenoxy) is 1. The number of nitrogens with one attached hydrogen (secondary N) is 1. The standard InChI is InChI=1S/C14H16N2O5/c1-8-3-4-10(16(19)20)6-12(8)15-13(17)7-21-14(18)11-5-9(11)2/h3-4,6,9,11H,5,7H2,1-2H3,(H,15,17)/t9-,11-/m1/s1. The Bertz CT molecular complexity index is 599. The molecule has 0 bridgehead atoms. The molecular weight excluding hydrogens is 276 g/mol. The van der Waals surface area contributed by atoms with Crippen LogP contribution in [0.15, 0.2) is 18.2 Å². The number of esters is 1. The number of nitro benzene ring substituents is 1. The first-order chi connectivity index (χ1) is 9.88. The van der Waals surface area contributed by atoms with Crippen LogP contribution in [0.25, 0.3) is 0 Å². The van der Waals surface area contributed by atoms with Crippen molar-refractivity contribution in [2.75, 3.05) is 11.9 Å². The van der Waals surface area contributed by atoms with Gasteiger partial charge in [0.2, 0.25) is 0 Å². The van der Waals surface area contributed by atoms with Crippen molar-refractivity contribution in [1.29, 1.82) is 0 Å². The van der Waals surface area contributed by atoms with Crippen LogP contribution in [0.5, 0.6) is 0 Å². The smallest absolute Gasteiger partial charge is 0.309 e. The van der Waals surface area contributed by atoms with Crippen molar-refractivity contribution < 1.29 is 19.2 Å². The summed E-state index contributed by atoms with van der Waals surface area (Å²) in [7, 11) is 0. The normalized spacial score (nSPS) is 19.7. The van der Waals surface area contributed by atoms with E-state index < -0.39 is 10.8 Å². The highest BCUT2D eigenvalue weighted by molar-refractivity contribution is 5.94. The molecule has 0 radical (unpaired) electrons. The Morgan fingerprint density at radius 1 is 1.48 bits per heavy atom. The second kappa shape index (κ2) is 5.90. The molecule has 2 rings (SSSR count). The fraction of sp³-hybridized carbons (Fsp3) is 0.429. The van der Waals surface area contributed by atoms with E-state index in [1.54, 1.807) is 13.0 Å². The van der Waals surface area contributed by atoms with Crippen molar-refractivity contribution in [3.8, 4) is 0 Å². The average molecular weight is 292 g/mol. The van der Waals surface area contributed by atoms with E-state index in [1.807, 2.05) is 6.92 Å². The Labute approximate surface area is 121 Å². The summed E-state index contributed by atoms with van der Waals surface area (Å²) < 4.78 is 4.90. The Morgan fingerprint density at radius 2 is 2.14 bits per heavy atom. The van der Waals surface area contributed by atoms with Crippen molar-refractivity contribution in [3.05, 3.63) is 33.9 Å². The van der Waals surface area contributed by atoms with Gasteiger partial charge in [0.1, 0.15) is 0 Å². The highest BCUT2D eigenvalue weighted by Crippen LogP contribution is 2.38. The summed E-state index contributed by atoms with van der Waals surface area (Å²) in [4.78, 5) is 33.4. The van der Waals surface area contributed by atoms with Crippen LogP contribution in [-0.4, -0.2) is 23.4 Å². The van der Waals surface area contributed by atoms with Crippen LogP contribution >= 0.6 is 0 Å². The highest BCUT2D eigenvalue weighted by atomic mass is 16.6. The van der Waals surface area contributed by atoms with Gasteiger partial charge in [0.05, 0.1) is 16.5 Å². The monoisotopic (exact) mass is 292 g/mol. The van der Waals surface area contributed by atoms with Crippen LogP contribution in [0, 0.1) is 28.9 Å². The lowest BCUT2D eigenvalue weighted by Gasteiger charge is -2.08. The topological polar surface area (TPSA) is 98.5 Å². The summed E-state index contributed by atoms with van der Waals surface area (Å²) in [5, 5.41) is 13.2. The van der Waals surface area contributed by atoms with Gasteiger partial charge < -0.3 is 10.1 Å². The lowest BCUT2D eigenvalue weighted by Crippen LogP contribution is -2.22. The molecule has 1 aromatic carbocycles. The first-order valence-corrected chi connectivity index (χ1v) is 6.60. The van der Waals surface area contributed by atoms with E-state index in [1.165, 1.54) is 12.1 Å². The minimum absolute atomic E-state index is 0.0997. The second-order valence-corrected chi connectivity index (χ2v) is 5.23. The molecule has 0 heterocycles. The van der Waals surface area contributed by atoms with E-state index >= 15 is 0 Å². The number of carbonyl (C=O) groups excluding carboxylic acids is 2. The van der Waals surface area contributed by atoms with Crippen molar-refractivity contribution in [1.82, 2.24) is 0 Å². The van der Waals surface area contributed by atoms with Gasteiger partial charge in [-0.05, 0) is 24.8 Å². The summed E-state index contributed by atoms with van der Waals surface area (Å²) in [6.45, 7) is 3.28. The fourth-order valence-electron chi connectivity index (χ4n) is 1.94. The van der Waals surface area contributed by atoms with E-state index in [0.717, 1.165) is 6.42 Å². The van der Waals surface area contributed by atoms with E-state index in [9.17, 15) is 19.7 Å². The predicted octanol–water partition coefficient (Wildman–Crippen LogP) is 2.04. The highest BCUT2D eigenvalue weighted by Gasteiger charge is 2.40. The van der Waals surface area contributed by atoms with Crippen molar-refractivity contribution in [2.24, 2.45) is 11.8 Å². The van der Waals surface area contributed by atoms with Crippen LogP contribution in [0.1, 0.15) is 18.9 Å². The van der Waals surface area contributed by atoms with Gasteiger partial charge in [-0.3, -0.25) is 19.7 Å². The van der Waals surface area contributed by atoms with Crippen LogP contribution in [0.3, 0.4) is 0 Å². The van der Waals surface area contributed by atoms with Gasteiger partial charge in [-0.25, -0.2) is 0 Å². The lowest BCUT2D eigenvalue weighted by atomic mass is 10.2. The third-order valence-corrected chi connectivity index (χ3v) is 3.46. The quantitative estimate of drug-likeness (QED) is 0.508. The molecule has 7 heteroatoms. The molecular formula is C14H16N2O5. The summed E-state index contributed by atoms with van der Waals surface area (Å²) in [5.74, 6) is -0.661. The van der Waals surface area contributed by atoms with E-state index in [4.69, 9.17) is 4.74 Å². The van der Waals surface area contributed by atoms with Gasteiger partial charge in [-0.2, -0.15) is 0 Å². The zero-order chi connectivity index (χ0) is 15.6. The number of hydrogen-bond acceptors (Lipinski definition) is 5. The molecule has 0 aliphatic heterocycles. The van der Waals surface area contributed by atoms with Crippen LogP contribution in [0.4, 0.5) is 11.4 Å². The number of rotatable bonds is 5. The Balaban J connectivity index is 1.91. The van der Waals surface area contributed by atoms with Crippen molar-refractivity contribution >= 4 is 23.3 Å². The van der Waals surface area contributed by atoms with Gasteiger partial charge in [0, 0.05) is 12.1 Å². The maximum atomic E-state index is 11.7. The Kier molecular flexibility index (Phi) is 4.21. The van der Waals surface area contributed by atoms with Gasteiger partial charge >= 0.3 is 5.97 Å². The van der Waals surface area contributed by atoms with Crippen LogP contribution in [-0.2, 0) is 14.3 Å². The molecule has 1 saturated carbocycles. The minimum Gasteiger partial charge on any atom is -0.455 e. The maximum Gasteiger partial charge on any atom is 0.309 e. The van der Waals surface area contributed by atoms with Gasteiger partial charge in [0.15, 0.2) is 6.61 Å². The first-order valence-electron chi connectivity index (χ1n) is 6.60. The third-order valence-electron chi connectivity index (χ3n) is 3.46. The molecule has 0 aromatic heterocycles. The second-order valence-electron chi connectivity index (χ2n) is 5.23. The number of aryl methyl sites for hydroxylation is 1. The predicted molar refractivity (Wildman–Crippen MR) is 74.7 cm³/mol. The average Bonchev–Trinajstić information content (AvgIpc) is 3.15. The van der Waals surface area contributed by atoms with Crippen molar-refractivity contribution in [3.63, 3.8) is 0 Å². The zero-order valence-electron chi connectivity index (χ0n) is 11.8. The minimum atomic E-state index is -0.538. The number of anilines is 1. The number of nitro groups is 1. The molecule has 112 valence electrons. The molecule has 0 spiro atoms. The Hall–Kier alpha value is -2.44. The van der Waals surface area contributed by atoms with E-state index in [2.05, 4.69) is 5.32 Å². The maximum absolute atomic E-state index is 11.7. The molecule has 7 nitrogen and oxygen atoms in total. The summed E-state index contributed by atoms with van der Waals surface area (Å²) in [5.41, 5.74) is 0.917. The summed E-state index contributed by atoms with van der Waals surface area (Å²) in [6, 6.07) is 4.18. The molecule has 1 aliphatic carbocycles. The largest absolute Gasteiger partial charge is 0.455 e. The third kappa shape index (κ3) is 3.77. The molecule has 0 unspecified atom stereocenters. The fourth-order valence-corrected chi connectivity index (χ4v) is 1.94. The molecule has 2 atom stereocenters. The zero-order valence-corrected chi connectivity index (χ0v) is 11.8. The first kappa shape index (κ1) is 15.0. The molecule has 0 saturated heterocycles. The number of amides is 1.